The molecule has 0 spiro atoms. The molecule has 2 N–H and O–H groups in total. The Hall–Kier alpha value is -3.89. The second-order valence-electron chi connectivity index (χ2n) is 8.07. The number of oxime groups is 1. The molecule has 0 radical (unpaired) electrons. The number of hydrogen-bond donors (Lipinski definition) is 2. The predicted octanol–water partition coefficient (Wildman–Crippen LogP) is 2.28. The van der Waals surface area contributed by atoms with E-state index in [4.69, 9.17) is 9.57 Å². The number of anilines is 2. The summed E-state index contributed by atoms with van der Waals surface area (Å²) in [6, 6.07) is 8.36. The lowest BCUT2D eigenvalue weighted by molar-refractivity contribution is 0.0994. The van der Waals surface area contributed by atoms with Crippen molar-refractivity contribution in [1.29, 1.82) is 0 Å². The summed E-state index contributed by atoms with van der Waals surface area (Å²) in [5.74, 6) is 1.04. The lowest BCUT2D eigenvalue weighted by Crippen LogP contribution is -2.35. The van der Waals surface area contributed by atoms with Gasteiger partial charge in [0, 0.05) is 30.3 Å². The van der Waals surface area contributed by atoms with Crippen molar-refractivity contribution in [2.75, 3.05) is 36.0 Å². The Kier molecular flexibility index (Phi) is 5.68. The summed E-state index contributed by atoms with van der Waals surface area (Å²) in [6.07, 6.45) is 3.16. The second-order valence-corrected chi connectivity index (χ2v) is 8.07. The van der Waals surface area contributed by atoms with Crippen LogP contribution in [0.2, 0.25) is 0 Å². The van der Waals surface area contributed by atoms with Crippen LogP contribution in [0.5, 0.6) is 0 Å². The highest BCUT2D eigenvalue weighted by atomic mass is 19.1. The van der Waals surface area contributed by atoms with Crippen LogP contribution in [-0.4, -0.2) is 61.6 Å². The Bertz CT molecular complexity index is 1090. The third kappa shape index (κ3) is 4.52. The van der Waals surface area contributed by atoms with E-state index in [1.165, 1.54) is 11.0 Å². The first-order chi connectivity index (χ1) is 16.1. The number of rotatable bonds is 5. The molecular weight excluding hydrogens is 429 g/mol. The van der Waals surface area contributed by atoms with Gasteiger partial charge in [-0.25, -0.2) is 14.2 Å². The lowest BCUT2D eigenvalue weighted by Gasteiger charge is -2.21. The number of halogens is 1. The quantitative estimate of drug-likeness (QED) is 0.716. The van der Waals surface area contributed by atoms with Gasteiger partial charge in [-0.05, 0) is 37.3 Å². The van der Waals surface area contributed by atoms with Crippen molar-refractivity contribution in [1.82, 2.24) is 15.7 Å². The SMILES string of the molecule is CC1CC(NC[C@H]2CN(c3ccc(-c4ccc(N5C=NNCC5)nc4)c(F)c3)C(=O)O2)=NO1. The van der Waals surface area contributed by atoms with Crippen LogP contribution in [0.25, 0.3) is 11.1 Å². The normalized spacial score (nSPS) is 22.0. The van der Waals surface area contributed by atoms with Gasteiger partial charge in [0.1, 0.15) is 36.0 Å². The number of aromatic nitrogens is 1. The van der Waals surface area contributed by atoms with E-state index in [0.29, 0.717) is 36.3 Å². The number of nitrogens with zero attached hydrogens (tertiary/aromatic N) is 5. The van der Waals surface area contributed by atoms with E-state index in [2.05, 4.69) is 26.0 Å². The minimum absolute atomic E-state index is 0.0407. The van der Waals surface area contributed by atoms with Crippen LogP contribution in [0.15, 0.2) is 46.8 Å². The smallest absolute Gasteiger partial charge is 0.414 e. The number of ether oxygens (including phenoxy) is 1. The first-order valence-corrected chi connectivity index (χ1v) is 10.8. The second kappa shape index (κ2) is 8.93. The summed E-state index contributed by atoms with van der Waals surface area (Å²) in [5, 5.41) is 11.1. The van der Waals surface area contributed by atoms with Crippen molar-refractivity contribution < 1.29 is 18.8 Å². The highest BCUT2D eigenvalue weighted by molar-refractivity contribution is 5.90. The van der Waals surface area contributed by atoms with Crippen molar-refractivity contribution >= 4 is 29.8 Å². The van der Waals surface area contributed by atoms with Crippen molar-refractivity contribution in [3.63, 3.8) is 0 Å². The zero-order valence-corrected chi connectivity index (χ0v) is 18.1. The van der Waals surface area contributed by atoms with Crippen molar-refractivity contribution in [3.8, 4) is 11.1 Å². The maximum Gasteiger partial charge on any atom is 0.414 e. The lowest BCUT2D eigenvalue weighted by atomic mass is 10.1. The van der Waals surface area contributed by atoms with Gasteiger partial charge in [0.05, 0.1) is 25.3 Å². The van der Waals surface area contributed by atoms with Gasteiger partial charge in [0.15, 0.2) is 0 Å². The van der Waals surface area contributed by atoms with Crippen LogP contribution < -0.4 is 20.5 Å². The van der Waals surface area contributed by atoms with Crippen LogP contribution >= 0.6 is 0 Å². The van der Waals surface area contributed by atoms with Crippen LogP contribution in [0.1, 0.15) is 13.3 Å². The van der Waals surface area contributed by atoms with E-state index in [-0.39, 0.29) is 12.2 Å². The molecule has 172 valence electrons. The molecule has 2 aromatic rings. The van der Waals surface area contributed by atoms with E-state index >= 15 is 0 Å². The third-order valence-electron chi connectivity index (χ3n) is 5.60. The summed E-state index contributed by atoms with van der Waals surface area (Å²) in [5.41, 5.74) is 4.39. The fourth-order valence-electron chi connectivity index (χ4n) is 3.87. The van der Waals surface area contributed by atoms with Gasteiger partial charge in [-0.1, -0.05) is 5.16 Å². The van der Waals surface area contributed by atoms with Gasteiger partial charge < -0.3 is 25.2 Å². The number of amidine groups is 1. The number of pyridine rings is 1. The van der Waals surface area contributed by atoms with E-state index < -0.39 is 11.9 Å². The minimum Gasteiger partial charge on any atom is -0.442 e. The number of hydrazone groups is 1. The third-order valence-corrected chi connectivity index (χ3v) is 5.60. The van der Waals surface area contributed by atoms with Crippen LogP contribution in [-0.2, 0) is 9.57 Å². The Labute approximate surface area is 190 Å². The van der Waals surface area contributed by atoms with Gasteiger partial charge in [-0.3, -0.25) is 4.90 Å². The highest BCUT2D eigenvalue weighted by Crippen LogP contribution is 2.29. The number of carbonyl (C=O) groups is 1. The molecule has 33 heavy (non-hydrogen) atoms. The molecule has 5 rings (SSSR count). The summed E-state index contributed by atoms with van der Waals surface area (Å²) < 4.78 is 20.4. The number of nitrogens with one attached hydrogen (secondary N) is 2. The number of cyclic esters (lactones) is 1. The highest BCUT2D eigenvalue weighted by Gasteiger charge is 2.33. The number of amides is 1. The van der Waals surface area contributed by atoms with Crippen molar-refractivity contribution in [2.45, 2.75) is 25.6 Å². The maximum atomic E-state index is 15.0. The molecule has 4 heterocycles. The molecule has 0 saturated carbocycles. The Morgan fingerprint density at radius 2 is 2.21 bits per heavy atom. The van der Waals surface area contributed by atoms with E-state index in [1.807, 2.05) is 24.0 Å². The van der Waals surface area contributed by atoms with Gasteiger partial charge in [-0.15, -0.1) is 0 Å². The van der Waals surface area contributed by atoms with Crippen molar-refractivity contribution in [2.24, 2.45) is 10.3 Å². The molecule has 1 amide bonds. The van der Waals surface area contributed by atoms with E-state index in [9.17, 15) is 9.18 Å². The topological polar surface area (TPSA) is 104 Å². The molecular formula is C22H24FN7O3. The molecule has 0 bridgehead atoms. The van der Waals surface area contributed by atoms with Gasteiger partial charge in [0.25, 0.3) is 0 Å². The summed E-state index contributed by atoms with van der Waals surface area (Å²) in [7, 11) is 0. The Morgan fingerprint density at radius 1 is 1.30 bits per heavy atom. The first-order valence-electron chi connectivity index (χ1n) is 10.8. The average molecular weight is 453 g/mol. The summed E-state index contributed by atoms with van der Waals surface area (Å²) >= 11 is 0. The monoisotopic (exact) mass is 453 g/mol. The van der Waals surface area contributed by atoms with Gasteiger partial charge >= 0.3 is 6.09 Å². The van der Waals surface area contributed by atoms with E-state index in [1.54, 1.807) is 24.7 Å². The number of carbonyl (C=O) groups excluding carboxylic acids is 1. The Morgan fingerprint density at radius 3 is 2.91 bits per heavy atom. The number of benzene rings is 1. The maximum absolute atomic E-state index is 15.0. The van der Waals surface area contributed by atoms with Crippen molar-refractivity contribution in [3.05, 3.63) is 42.3 Å². The molecule has 2 atom stereocenters. The molecule has 3 aliphatic rings. The van der Waals surface area contributed by atoms with Gasteiger partial charge in [0.2, 0.25) is 0 Å². The summed E-state index contributed by atoms with van der Waals surface area (Å²) in [6.45, 7) is 4.14. The standard InChI is InChI=1S/C22H24FN7O3/c1-14-8-20(28-33-14)24-11-17-12-30(22(31)32-17)16-3-4-18(19(23)9-16)15-2-5-21(25-10-15)29-7-6-26-27-13-29/h2-5,9-10,13-14,17,26H,6-8,11-12H2,1H3,(H,24,28)/t14?,17-/m0/s1. The van der Waals surface area contributed by atoms with Crippen LogP contribution in [0, 0.1) is 5.82 Å². The minimum atomic E-state index is -0.504. The molecule has 0 aliphatic carbocycles. The zero-order chi connectivity index (χ0) is 22.8. The fourth-order valence-corrected chi connectivity index (χ4v) is 3.87. The Balaban J connectivity index is 1.24. The largest absolute Gasteiger partial charge is 0.442 e. The summed E-state index contributed by atoms with van der Waals surface area (Å²) in [4.78, 5) is 25.3. The van der Waals surface area contributed by atoms with Gasteiger partial charge in [-0.2, -0.15) is 5.10 Å². The fraction of sp³-hybridized carbons (Fsp3) is 0.364. The molecule has 1 fully saturated rings. The van der Waals surface area contributed by atoms with Crippen LogP contribution in [0.4, 0.5) is 20.7 Å². The number of hydrogen-bond acceptors (Lipinski definition) is 9. The average Bonchev–Trinajstić information content (AvgIpc) is 3.43. The molecule has 1 aromatic heterocycles. The van der Waals surface area contributed by atoms with Crippen LogP contribution in [0.3, 0.4) is 0 Å². The zero-order valence-electron chi connectivity index (χ0n) is 18.1. The first kappa shape index (κ1) is 21.0. The predicted molar refractivity (Wildman–Crippen MR) is 122 cm³/mol. The van der Waals surface area contributed by atoms with E-state index in [0.717, 1.165) is 24.7 Å². The molecule has 3 aliphatic heterocycles. The molecule has 10 nitrogen and oxygen atoms in total. The molecule has 1 aromatic carbocycles. The molecule has 11 heteroatoms. The molecule has 1 saturated heterocycles. The molecule has 1 unspecified atom stereocenters.